The number of para-hydroxylation sites is 1. The van der Waals surface area contributed by atoms with Gasteiger partial charge in [0, 0.05) is 22.8 Å². The van der Waals surface area contributed by atoms with Crippen molar-refractivity contribution >= 4 is 16.6 Å². The predicted molar refractivity (Wildman–Crippen MR) is 99.8 cm³/mol. The number of pyridine rings is 1. The highest BCUT2D eigenvalue weighted by Crippen LogP contribution is 2.36. The maximum absolute atomic E-state index is 6.43. The minimum absolute atomic E-state index is 0.399. The van der Waals surface area contributed by atoms with Gasteiger partial charge in [0.1, 0.15) is 0 Å². The van der Waals surface area contributed by atoms with Gasteiger partial charge in [0.2, 0.25) is 0 Å². The van der Waals surface area contributed by atoms with Crippen molar-refractivity contribution in [2.24, 2.45) is 0 Å². The maximum atomic E-state index is 6.43. The van der Waals surface area contributed by atoms with Crippen LogP contribution in [0.25, 0.3) is 22.0 Å². The van der Waals surface area contributed by atoms with Crippen LogP contribution in [-0.4, -0.2) is 4.98 Å². The number of benzene rings is 2. The fourth-order valence-electron chi connectivity index (χ4n) is 3.15. The van der Waals surface area contributed by atoms with Gasteiger partial charge in [-0.05, 0) is 46.7 Å². The molecule has 0 aliphatic heterocycles. The Bertz CT molecular complexity index is 813. The molecule has 0 fully saturated rings. The number of aromatic nitrogens is 1. The van der Waals surface area contributed by atoms with E-state index in [9.17, 15) is 0 Å². The number of nitrogens with zero attached hydrogens (tertiary/aromatic N) is 1. The first kappa shape index (κ1) is 15.5. The molecule has 118 valence electrons. The number of fused-ring (bicyclic) bond motifs is 1. The van der Waals surface area contributed by atoms with Crippen molar-refractivity contribution in [2.45, 2.75) is 39.5 Å². The highest BCUT2D eigenvalue weighted by Gasteiger charge is 2.15. The summed E-state index contributed by atoms with van der Waals surface area (Å²) >= 11 is 0. The molecule has 0 unspecified atom stereocenters. The van der Waals surface area contributed by atoms with Crippen LogP contribution in [0, 0.1) is 0 Å². The lowest BCUT2D eigenvalue weighted by Gasteiger charge is -2.19. The summed E-state index contributed by atoms with van der Waals surface area (Å²) in [4.78, 5) is 4.60. The Hall–Kier alpha value is -2.35. The maximum Gasteiger partial charge on any atom is 0.0780 e. The zero-order valence-corrected chi connectivity index (χ0v) is 14.3. The van der Waals surface area contributed by atoms with Gasteiger partial charge in [0.25, 0.3) is 0 Å². The van der Waals surface area contributed by atoms with Crippen molar-refractivity contribution in [1.29, 1.82) is 0 Å². The first-order valence-electron chi connectivity index (χ1n) is 8.26. The smallest absolute Gasteiger partial charge is 0.0780 e. The molecule has 23 heavy (non-hydrogen) atoms. The standard InChI is InChI=1S/C21H24N2/c1-13(2)18-11-16(12-19(14(3)4)20(18)22)17-9-5-7-15-8-6-10-23-21(15)17/h5-14H,22H2,1-4H3. The Morgan fingerprint density at radius 1 is 0.870 bits per heavy atom. The number of nitrogen functional groups attached to an aromatic ring is 1. The van der Waals surface area contributed by atoms with Gasteiger partial charge in [-0.1, -0.05) is 52.0 Å². The van der Waals surface area contributed by atoms with E-state index >= 15 is 0 Å². The van der Waals surface area contributed by atoms with Gasteiger partial charge in [-0.2, -0.15) is 0 Å². The molecular weight excluding hydrogens is 280 g/mol. The second-order valence-corrected chi connectivity index (χ2v) is 6.76. The minimum Gasteiger partial charge on any atom is -0.398 e. The molecule has 0 aliphatic rings. The van der Waals surface area contributed by atoms with Gasteiger partial charge < -0.3 is 5.73 Å². The van der Waals surface area contributed by atoms with Crippen LogP contribution in [0.5, 0.6) is 0 Å². The third-order valence-electron chi connectivity index (χ3n) is 4.43. The second kappa shape index (κ2) is 6.04. The van der Waals surface area contributed by atoms with E-state index in [2.05, 4.69) is 69.1 Å². The third kappa shape index (κ3) is 2.81. The van der Waals surface area contributed by atoms with Crippen molar-refractivity contribution in [3.63, 3.8) is 0 Å². The van der Waals surface area contributed by atoms with Crippen LogP contribution < -0.4 is 5.73 Å². The average molecular weight is 304 g/mol. The molecule has 0 spiro atoms. The van der Waals surface area contributed by atoms with Crippen LogP contribution in [-0.2, 0) is 0 Å². The monoisotopic (exact) mass is 304 g/mol. The van der Waals surface area contributed by atoms with Crippen molar-refractivity contribution in [3.05, 3.63) is 59.8 Å². The number of rotatable bonds is 3. The molecular formula is C21H24N2. The van der Waals surface area contributed by atoms with Crippen LogP contribution >= 0.6 is 0 Å². The molecule has 0 saturated carbocycles. The van der Waals surface area contributed by atoms with Crippen molar-refractivity contribution in [2.75, 3.05) is 5.73 Å². The topological polar surface area (TPSA) is 38.9 Å². The van der Waals surface area contributed by atoms with Crippen LogP contribution in [0.1, 0.15) is 50.7 Å². The molecule has 0 radical (unpaired) electrons. The van der Waals surface area contributed by atoms with Crippen LogP contribution in [0.3, 0.4) is 0 Å². The molecule has 0 saturated heterocycles. The van der Waals surface area contributed by atoms with E-state index < -0.39 is 0 Å². The van der Waals surface area contributed by atoms with E-state index in [1.54, 1.807) is 0 Å². The van der Waals surface area contributed by atoms with Gasteiger partial charge in [-0.3, -0.25) is 4.98 Å². The van der Waals surface area contributed by atoms with E-state index in [4.69, 9.17) is 5.73 Å². The Labute approximate surface area is 138 Å². The molecule has 0 amide bonds. The number of nitrogens with two attached hydrogens (primary N) is 1. The van der Waals surface area contributed by atoms with Crippen molar-refractivity contribution in [1.82, 2.24) is 4.98 Å². The third-order valence-corrected chi connectivity index (χ3v) is 4.43. The van der Waals surface area contributed by atoms with Crippen LogP contribution in [0.2, 0.25) is 0 Å². The van der Waals surface area contributed by atoms with Gasteiger partial charge in [0.05, 0.1) is 5.52 Å². The summed E-state index contributed by atoms with van der Waals surface area (Å²) in [6, 6.07) is 14.9. The molecule has 0 bridgehead atoms. The summed E-state index contributed by atoms with van der Waals surface area (Å²) in [7, 11) is 0. The van der Waals surface area contributed by atoms with Crippen LogP contribution in [0.15, 0.2) is 48.7 Å². The fourth-order valence-corrected chi connectivity index (χ4v) is 3.15. The summed E-state index contributed by atoms with van der Waals surface area (Å²) in [5.74, 6) is 0.797. The Balaban J connectivity index is 2.30. The van der Waals surface area contributed by atoms with Crippen molar-refractivity contribution in [3.8, 4) is 11.1 Å². The molecule has 2 nitrogen and oxygen atoms in total. The van der Waals surface area contributed by atoms with E-state index in [0.29, 0.717) is 11.8 Å². The molecule has 3 rings (SSSR count). The molecule has 2 heteroatoms. The van der Waals surface area contributed by atoms with Gasteiger partial charge in [-0.15, -0.1) is 0 Å². The number of hydrogen-bond donors (Lipinski definition) is 1. The summed E-state index contributed by atoms with van der Waals surface area (Å²) in [6.45, 7) is 8.78. The quantitative estimate of drug-likeness (QED) is 0.627. The lowest BCUT2D eigenvalue weighted by Crippen LogP contribution is -2.04. The normalized spacial score (nSPS) is 11.6. The molecule has 3 aromatic rings. The first-order valence-corrected chi connectivity index (χ1v) is 8.26. The highest BCUT2D eigenvalue weighted by molar-refractivity contribution is 5.94. The molecule has 1 aromatic heterocycles. The Kier molecular flexibility index (Phi) is 4.08. The molecule has 0 aliphatic carbocycles. The lowest BCUT2D eigenvalue weighted by atomic mass is 9.88. The Morgan fingerprint density at radius 3 is 2.09 bits per heavy atom. The predicted octanol–water partition coefficient (Wildman–Crippen LogP) is 5.73. The number of hydrogen-bond acceptors (Lipinski definition) is 2. The average Bonchev–Trinajstić information content (AvgIpc) is 2.54. The zero-order valence-electron chi connectivity index (χ0n) is 14.3. The highest BCUT2D eigenvalue weighted by atomic mass is 14.6. The van der Waals surface area contributed by atoms with E-state index in [1.165, 1.54) is 27.6 Å². The summed E-state index contributed by atoms with van der Waals surface area (Å²) < 4.78 is 0. The largest absolute Gasteiger partial charge is 0.398 e. The summed E-state index contributed by atoms with van der Waals surface area (Å²) in [6.07, 6.45) is 1.86. The van der Waals surface area contributed by atoms with Gasteiger partial charge in [-0.25, -0.2) is 0 Å². The van der Waals surface area contributed by atoms with E-state index in [1.807, 2.05) is 12.3 Å². The minimum atomic E-state index is 0.399. The van der Waals surface area contributed by atoms with Crippen LogP contribution in [0.4, 0.5) is 5.69 Å². The summed E-state index contributed by atoms with van der Waals surface area (Å²) in [5.41, 5.74) is 13.2. The molecule has 0 atom stereocenters. The SMILES string of the molecule is CC(C)c1cc(-c2cccc3cccnc23)cc(C(C)C)c1N. The van der Waals surface area contributed by atoms with Gasteiger partial charge >= 0.3 is 0 Å². The Morgan fingerprint density at radius 2 is 1.48 bits per heavy atom. The second-order valence-electron chi connectivity index (χ2n) is 6.76. The summed E-state index contributed by atoms with van der Waals surface area (Å²) in [5, 5.41) is 1.17. The van der Waals surface area contributed by atoms with Gasteiger partial charge in [0.15, 0.2) is 0 Å². The van der Waals surface area contributed by atoms with E-state index in [0.717, 1.165) is 11.2 Å². The van der Waals surface area contributed by atoms with E-state index in [-0.39, 0.29) is 0 Å². The molecule has 1 heterocycles. The molecule has 2 N–H and O–H groups in total. The fraction of sp³-hybridized carbons (Fsp3) is 0.286. The lowest BCUT2D eigenvalue weighted by molar-refractivity contribution is 0.840. The van der Waals surface area contributed by atoms with Crippen molar-refractivity contribution < 1.29 is 0 Å². The number of anilines is 1. The zero-order chi connectivity index (χ0) is 16.6. The first-order chi connectivity index (χ1) is 11.0. The molecule has 2 aromatic carbocycles.